The van der Waals surface area contributed by atoms with Crippen molar-refractivity contribution in [2.75, 3.05) is 26.2 Å². The van der Waals surface area contributed by atoms with Gasteiger partial charge in [0.2, 0.25) is 5.91 Å². The van der Waals surface area contributed by atoms with Gasteiger partial charge in [0.05, 0.1) is 6.54 Å². The average molecular weight is 284 g/mol. The van der Waals surface area contributed by atoms with E-state index in [1.54, 1.807) is 0 Å². The van der Waals surface area contributed by atoms with E-state index in [1.807, 2.05) is 0 Å². The van der Waals surface area contributed by atoms with Crippen molar-refractivity contribution < 1.29 is 9.59 Å². The monoisotopic (exact) mass is 284 g/mol. The van der Waals surface area contributed by atoms with E-state index in [-0.39, 0.29) is 24.5 Å². The van der Waals surface area contributed by atoms with E-state index in [1.165, 1.54) is 19.3 Å². The van der Waals surface area contributed by atoms with Crippen LogP contribution in [0, 0.1) is 0 Å². The van der Waals surface area contributed by atoms with Gasteiger partial charge < -0.3 is 21.3 Å². The first-order valence-corrected chi connectivity index (χ1v) is 7.74. The molecule has 3 amide bonds. The fourth-order valence-corrected chi connectivity index (χ4v) is 2.30. The second-order valence-corrected chi connectivity index (χ2v) is 5.26. The van der Waals surface area contributed by atoms with Crippen LogP contribution in [0.5, 0.6) is 0 Å². The van der Waals surface area contributed by atoms with Crippen molar-refractivity contribution in [2.24, 2.45) is 0 Å². The molecule has 1 fully saturated rings. The standard InChI is InChI=1S/C14H28N4O2/c1-2-8-15-9-10-16-13(19)11-17-14(20)18-12-6-4-3-5-7-12/h12,15H,2-11H2,1H3,(H,16,19)(H2,17,18,20). The molecule has 0 unspecified atom stereocenters. The summed E-state index contributed by atoms with van der Waals surface area (Å²) in [7, 11) is 0. The van der Waals surface area contributed by atoms with Gasteiger partial charge in [-0.25, -0.2) is 4.79 Å². The topological polar surface area (TPSA) is 82.3 Å². The minimum Gasteiger partial charge on any atom is -0.353 e. The molecular formula is C14H28N4O2. The minimum absolute atomic E-state index is 0.0341. The number of nitrogens with one attached hydrogen (secondary N) is 4. The van der Waals surface area contributed by atoms with E-state index in [9.17, 15) is 9.59 Å². The van der Waals surface area contributed by atoms with Crippen LogP contribution in [0.25, 0.3) is 0 Å². The smallest absolute Gasteiger partial charge is 0.315 e. The van der Waals surface area contributed by atoms with E-state index in [0.29, 0.717) is 6.54 Å². The summed E-state index contributed by atoms with van der Waals surface area (Å²) in [5.74, 6) is -0.151. The van der Waals surface area contributed by atoms with Gasteiger partial charge in [0.1, 0.15) is 0 Å². The highest BCUT2D eigenvalue weighted by Gasteiger charge is 2.15. The second kappa shape index (κ2) is 10.5. The Bertz CT molecular complexity index is 291. The third-order valence-corrected chi connectivity index (χ3v) is 3.40. The van der Waals surface area contributed by atoms with E-state index in [4.69, 9.17) is 0 Å². The molecule has 0 atom stereocenters. The Morgan fingerprint density at radius 2 is 1.75 bits per heavy atom. The van der Waals surface area contributed by atoms with Crippen molar-refractivity contribution in [3.8, 4) is 0 Å². The molecule has 0 saturated heterocycles. The quantitative estimate of drug-likeness (QED) is 0.496. The van der Waals surface area contributed by atoms with Crippen molar-refractivity contribution in [1.29, 1.82) is 0 Å². The van der Waals surface area contributed by atoms with Crippen LogP contribution in [-0.2, 0) is 4.79 Å². The summed E-state index contributed by atoms with van der Waals surface area (Å²) in [6, 6.07) is 0.0289. The van der Waals surface area contributed by atoms with Gasteiger partial charge in [-0.05, 0) is 25.8 Å². The first-order valence-electron chi connectivity index (χ1n) is 7.74. The van der Waals surface area contributed by atoms with Crippen molar-refractivity contribution in [3.63, 3.8) is 0 Å². The molecule has 0 aliphatic heterocycles. The fraction of sp³-hybridized carbons (Fsp3) is 0.857. The maximum atomic E-state index is 11.6. The molecule has 0 bridgehead atoms. The lowest BCUT2D eigenvalue weighted by Crippen LogP contribution is -2.46. The molecule has 0 spiro atoms. The van der Waals surface area contributed by atoms with Crippen molar-refractivity contribution in [1.82, 2.24) is 21.3 Å². The van der Waals surface area contributed by atoms with Crippen LogP contribution in [0.3, 0.4) is 0 Å². The third-order valence-electron chi connectivity index (χ3n) is 3.40. The van der Waals surface area contributed by atoms with Gasteiger partial charge in [-0.1, -0.05) is 26.2 Å². The van der Waals surface area contributed by atoms with Gasteiger partial charge in [-0.15, -0.1) is 0 Å². The van der Waals surface area contributed by atoms with Crippen LogP contribution < -0.4 is 21.3 Å². The van der Waals surface area contributed by atoms with E-state index in [0.717, 1.165) is 32.4 Å². The molecular weight excluding hydrogens is 256 g/mol. The van der Waals surface area contributed by atoms with Gasteiger partial charge >= 0.3 is 6.03 Å². The van der Waals surface area contributed by atoms with Crippen LogP contribution in [0.15, 0.2) is 0 Å². The predicted octanol–water partition coefficient (Wildman–Crippen LogP) is 0.734. The molecule has 0 aromatic rings. The summed E-state index contributed by atoms with van der Waals surface area (Å²) in [6.45, 7) is 4.43. The fourth-order valence-electron chi connectivity index (χ4n) is 2.30. The van der Waals surface area contributed by atoms with Crippen molar-refractivity contribution in [3.05, 3.63) is 0 Å². The molecule has 20 heavy (non-hydrogen) atoms. The lowest BCUT2D eigenvalue weighted by atomic mass is 9.96. The average Bonchev–Trinajstić information content (AvgIpc) is 2.46. The number of amides is 3. The molecule has 1 aliphatic carbocycles. The summed E-state index contributed by atoms with van der Waals surface area (Å²) in [5.41, 5.74) is 0. The highest BCUT2D eigenvalue weighted by atomic mass is 16.2. The Hall–Kier alpha value is -1.30. The molecule has 116 valence electrons. The number of urea groups is 1. The van der Waals surface area contributed by atoms with Crippen molar-refractivity contribution in [2.45, 2.75) is 51.5 Å². The van der Waals surface area contributed by atoms with Crippen LogP contribution in [0.1, 0.15) is 45.4 Å². The summed E-state index contributed by atoms with van der Waals surface area (Å²) in [6.07, 6.45) is 6.78. The molecule has 0 aromatic heterocycles. The van der Waals surface area contributed by atoms with Gasteiger partial charge in [-0.3, -0.25) is 4.79 Å². The second-order valence-electron chi connectivity index (χ2n) is 5.26. The number of hydrogen-bond acceptors (Lipinski definition) is 3. The Morgan fingerprint density at radius 3 is 2.45 bits per heavy atom. The number of carbonyl (C=O) groups excluding carboxylic acids is 2. The van der Waals surface area contributed by atoms with Crippen LogP contribution in [0.4, 0.5) is 4.79 Å². The Morgan fingerprint density at radius 1 is 1.00 bits per heavy atom. The normalized spacial score (nSPS) is 15.7. The molecule has 0 aromatic carbocycles. The Kier molecular flexibility index (Phi) is 8.78. The highest BCUT2D eigenvalue weighted by molar-refractivity contribution is 5.83. The van der Waals surface area contributed by atoms with Gasteiger partial charge in [-0.2, -0.15) is 0 Å². The Balaban J connectivity index is 2.00. The summed E-state index contributed by atoms with van der Waals surface area (Å²) >= 11 is 0. The zero-order chi connectivity index (χ0) is 14.6. The molecule has 6 nitrogen and oxygen atoms in total. The zero-order valence-corrected chi connectivity index (χ0v) is 12.5. The minimum atomic E-state index is -0.240. The molecule has 1 aliphatic rings. The van der Waals surface area contributed by atoms with Crippen LogP contribution in [-0.4, -0.2) is 44.2 Å². The maximum Gasteiger partial charge on any atom is 0.315 e. The molecule has 6 heteroatoms. The summed E-state index contributed by atoms with van der Waals surface area (Å²) in [4.78, 5) is 23.1. The predicted molar refractivity (Wildman–Crippen MR) is 79.6 cm³/mol. The molecule has 0 radical (unpaired) electrons. The largest absolute Gasteiger partial charge is 0.353 e. The van der Waals surface area contributed by atoms with E-state index < -0.39 is 0 Å². The summed E-state index contributed by atoms with van der Waals surface area (Å²) in [5, 5.41) is 11.5. The molecule has 1 saturated carbocycles. The first-order chi connectivity index (χ1) is 9.72. The maximum absolute atomic E-state index is 11.6. The van der Waals surface area contributed by atoms with Gasteiger partial charge in [0.15, 0.2) is 0 Å². The first kappa shape index (κ1) is 16.8. The lowest BCUT2D eigenvalue weighted by Gasteiger charge is -2.22. The molecule has 1 rings (SSSR count). The van der Waals surface area contributed by atoms with E-state index in [2.05, 4.69) is 28.2 Å². The SMILES string of the molecule is CCCNCCNC(=O)CNC(=O)NC1CCCCC1. The third kappa shape index (κ3) is 7.99. The van der Waals surface area contributed by atoms with Crippen LogP contribution >= 0.6 is 0 Å². The molecule has 4 N–H and O–H groups in total. The van der Waals surface area contributed by atoms with E-state index >= 15 is 0 Å². The number of rotatable bonds is 8. The number of hydrogen-bond donors (Lipinski definition) is 4. The zero-order valence-electron chi connectivity index (χ0n) is 12.5. The Labute approximate surface area is 121 Å². The van der Waals surface area contributed by atoms with Gasteiger partial charge in [0, 0.05) is 19.1 Å². The number of carbonyl (C=O) groups is 2. The van der Waals surface area contributed by atoms with Gasteiger partial charge in [0.25, 0.3) is 0 Å². The molecule has 0 heterocycles. The van der Waals surface area contributed by atoms with Crippen molar-refractivity contribution >= 4 is 11.9 Å². The highest BCUT2D eigenvalue weighted by Crippen LogP contribution is 2.16. The lowest BCUT2D eigenvalue weighted by molar-refractivity contribution is -0.120. The van der Waals surface area contributed by atoms with Crippen LogP contribution in [0.2, 0.25) is 0 Å². The summed E-state index contributed by atoms with van der Waals surface area (Å²) < 4.78 is 0.